The van der Waals surface area contributed by atoms with Crippen molar-refractivity contribution in [2.75, 3.05) is 40.5 Å². The molecule has 0 aliphatic carbocycles. The monoisotopic (exact) mass is 760 g/mol. The summed E-state index contributed by atoms with van der Waals surface area (Å²) < 4.78 is 23.2. The summed E-state index contributed by atoms with van der Waals surface area (Å²) in [7, 11) is 4.17. The topological polar surface area (TPSA) is 74.3 Å². The first kappa shape index (κ1) is 49.7. The lowest BCUT2D eigenvalue weighted by Crippen LogP contribution is -2.11. The van der Waals surface area contributed by atoms with Gasteiger partial charge in [0.1, 0.15) is 11.5 Å². The molecule has 0 fully saturated rings. The Morgan fingerprint density at radius 1 is 0.426 bits per heavy atom. The summed E-state index contributed by atoms with van der Waals surface area (Å²) in [6.07, 6.45) is 34.2. The smallest absolute Gasteiger partial charge is 0.305 e. The van der Waals surface area contributed by atoms with Gasteiger partial charge in [0.25, 0.3) is 0 Å². The maximum absolute atomic E-state index is 11.9. The van der Waals surface area contributed by atoms with Crippen LogP contribution in [0.2, 0.25) is 0 Å². The van der Waals surface area contributed by atoms with E-state index in [1.807, 2.05) is 6.07 Å². The molecule has 0 spiro atoms. The average molecular weight is 760 g/mol. The van der Waals surface area contributed by atoms with Gasteiger partial charge in [0.2, 0.25) is 0 Å². The summed E-state index contributed by atoms with van der Waals surface area (Å²) >= 11 is 0. The van der Waals surface area contributed by atoms with Crippen LogP contribution in [0.15, 0.2) is 18.2 Å². The lowest BCUT2D eigenvalue weighted by atomic mass is 10.1. The van der Waals surface area contributed by atoms with Gasteiger partial charge in [-0.25, -0.2) is 0 Å². The third-order valence-electron chi connectivity index (χ3n) is 10.0. The average Bonchev–Trinajstić information content (AvgIpc) is 3.15. The Balaban J connectivity index is 2.06. The van der Waals surface area contributed by atoms with E-state index >= 15 is 0 Å². The highest BCUT2D eigenvalue weighted by atomic mass is 16.5. The van der Waals surface area contributed by atoms with Crippen molar-refractivity contribution in [1.29, 1.82) is 0 Å². The van der Waals surface area contributed by atoms with Crippen LogP contribution >= 0.6 is 0 Å². The molecule has 0 saturated carbocycles. The van der Waals surface area contributed by atoms with Crippen LogP contribution in [-0.4, -0.2) is 57.4 Å². The number of unbranched alkanes of at least 4 members (excludes halogenated alkanes) is 24. The predicted octanol–water partition coefficient (Wildman–Crippen LogP) is 13.3. The summed E-state index contributed by atoms with van der Waals surface area (Å²) in [6.45, 7) is 7.91. The van der Waals surface area contributed by atoms with Gasteiger partial charge in [0.15, 0.2) is 0 Å². The first-order chi connectivity index (χ1) is 26.4. The van der Waals surface area contributed by atoms with Crippen LogP contribution in [0, 0.1) is 0 Å². The Labute approximate surface area is 333 Å². The Hall–Kier alpha value is -2.28. The van der Waals surface area contributed by atoms with Crippen LogP contribution in [0.25, 0.3) is 0 Å². The van der Waals surface area contributed by atoms with Crippen molar-refractivity contribution in [3.05, 3.63) is 23.8 Å². The van der Waals surface area contributed by atoms with Crippen molar-refractivity contribution in [3.8, 4) is 11.5 Å². The maximum Gasteiger partial charge on any atom is 0.305 e. The number of nitrogens with zero attached hydrogens (tertiary/aromatic N) is 1. The van der Waals surface area contributed by atoms with Crippen LogP contribution in [0.1, 0.15) is 212 Å². The van der Waals surface area contributed by atoms with Crippen molar-refractivity contribution < 1.29 is 28.5 Å². The largest absolute Gasteiger partial charge is 0.493 e. The van der Waals surface area contributed by atoms with Crippen molar-refractivity contribution in [3.63, 3.8) is 0 Å². The second-order valence-corrected chi connectivity index (χ2v) is 15.9. The second kappa shape index (κ2) is 37.6. The molecule has 1 aromatic rings. The van der Waals surface area contributed by atoms with Gasteiger partial charge in [0.05, 0.1) is 26.4 Å². The standard InChI is InChI=1S/C47H85NO6/c1-5-7-9-11-15-21-27-33-46(49)53-37-31-25-18-14-13-17-23-29-35-51-44-39-43(42-48(3)4)40-45(41-44)52-36-30-24-19-20-26-32-38-54-47(50)34-28-22-16-12-10-8-6-2/h39-41H,5-38,42H2,1-4H3. The maximum atomic E-state index is 11.9. The lowest BCUT2D eigenvalue weighted by molar-refractivity contribution is -0.144. The number of ether oxygens (including phenoxy) is 4. The molecule has 0 heterocycles. The minimum absolute atomic E-state index is 0.0149. The summed E-state index contributed by atoms with van der Waals surface area (Å²) in [5, 5.41) is 0. The molecule has 0 saturated heterocycles. The van der Waals surface area contributed by atoms with E-state index in [1.54, 1.807) is 0 Å². The van der Waals surface area contributed by atoms with Crippen LogP contribution in [-0.2, 0) is 25.6 Å². The third-order valence-corrected chi connectivity index (χ3v) is 10.0. The van der Waals surface area contributed by atoms with Gasteiger partial charge in [-0.3, -0.25) is 9.59 Å². The third kappa shape index (κ3) is 33.1. The molecule has 0 atom stereocenters. The molecule has 0 aliphatic heterocycles. The quantitative estimate of drug-likeness (QED) is 0.0487. The highest BCUT2D eigenvalue weighted by molar-refractivity contribution is 5.69. The van der Waals surface area contributed by atoms with Gasteiger partial charge in [-0.15, -0.1) is 0 Å². The van der Waals surface area contributed by atoms with Gasteiger partial charge < -0.3 is 23.8 Å². The van der Waals surface area contributed by atoms with Crippen LogP contribution < -0.4 is 9.47 Å². The zero-order chi connectivity index (χ0) is 39.2. The molecule has 1 aromatic carbocycles. The number of carbonyl (C=O) groups is 2. The lowest BCUT2D eigenvalue weighted by Gasteiger charge is -2.15. The van der Waals surface area contributed by atoms with Crippen molar-refractivity contribution in [2.24, 2.45) is 0 Å². The number of rotatable bonds is 40. The zero-order valence-electron chi connectivity index (χ0n) is 35.9. The normalized spacial score (nSPS) is 11.3. The van der Waals surface area contributed by atoms with E-state index in [0.717, 1.165) is 95.3 Å². The number of hydrogen-bond acceptors (Lipinski definition) is 7. The molecule has 0 amide bonds. The van der Waals surface area contributed by atoms with E-state index in [2.05, 4.69) is 45.0 Å². The molecule has 0 N–H and O–H groups in total. The van der Waals surface area contributed by atoms with E-state index in [4.69, 9.17) is 18.9 Å². The number of hydrogen-bond donors (Lipinski definition) is 0. The molecular weight excluding hydrogens is 675 g/mol. The van der Waals surface area contributed by atoms with Crippen molar-refractivity contribution in [1.82, 2.24) is 4.90 Å². The molecule has 314 valence electrons. The first-order valence-corrected chi connectivity index (χ1v) is 22.8. The van der Waals surface area contributed by atoms with E-state index < -0.39 is 0 Å². The van der Waals surface area contributed by atoms with E-state index in [0.29, 0.717) is 32.7 Å². The van der Waals surface area contributed by atoms with Gasteiger partial charge in [-0.05, 0) is 70.3 Å². The highest BCUT2D eigenvalue weighted by Gasteiger charge is 2.07. The molecule has 0 bridgehead atoms. The fourth-order valence-corrected chi connectivity index (χ4v) is 6.78. The molecule has 0 unspecified atom stereocenters. The Bertz CT molecular complexity index is 998. The van der Waals surface area contributed by atoms with Gasteiger partial charge in [-0.2, -0.15) is 0 Å². The molecular formula is C47H85NO6. The van der Waals surface area contributed by atoms with Gasteiger partial charge >= 0.3 is 11.9 Å². The Morgan fingerprint density at radius 2 is 0.741 bits per heavy atom. The predicted molar refractivity (Wildman–Crippen MR) is 227 cm³/mol. The Kier molecular flexibility index (Phi) is 34.7. The minimum Gasteiger partial charge on any atom is -0.493 e. The van der Waals surface area contributed by atoms with Crippen LogP contribution in [0.4, 0.5) is 0 Å². The summed E-state index contributed by atoms with van der Waals surface area (Å²) in [5.74, 6) is 1.75. The fraction of sp³-hybridized carbons (Fsp3) is 0.830. The first-order valence-electron chi connectivity index (χ1n) is 22.8. The molecule has 7 heteroatoms. The molecule has 0 aromatic heterocycles. The minimum atomic E-state index is -0.0242. The molecule has 54 heavy (non-hydrogen) atoms. The van der Waals surface area contributed by atoms with E-state index in [1.165, 1.54) is 115 Å². The number of carbonyl (C=O) groups excluding carboxylic acids is 2. The molecule has 0 aliphatic rings. The van der Waals surface area contributed by atoms with Gasteiger partial charge in [0, 0.05) is 25.5 Å². The van der Waals surface area contributed by atoms with E-state index in [9.17, 15) is 9.59 Å². The fourth-order valence-electron chi connectivity index (χ4n) is 6.78. The van der Waals surface area contributed by atoms with Crippen molar-refractivity contribution in [2.45, 2.75) is 213 Å². The van der Waals surface area contributed by atoms with Crippen molar-refractivity contribution >= 4 is 11.9 Å². The highest BCUT2D eigenvalue weighted by Crippen LogP contribution is 2.25. The SMILES string of the molecule is CCCCCCCCCC(=O)OCCCCCCCCCCOc1cc(CN(C)C)cc(OCCCCCCCCOC(=O)CCCCCCCCC)c1. The molecule has 0 radical (unpaired) electrons. The second-order valence-electron chi connectivity index (χ2n) is 15.9. The molecule has 7 nitrogen and oxygen atoms in total. The number of benzene rings is 1. The van der Waals surface area contributed by atoms with Crippen LogP contribution in [0.5, 0.6) is 11.5 Å². The van der Waals surface area contributed by atoms with E-state index in [-0.39, 0.29) is 11.9 Å². The Morgan fingerprint density at radius 3 is 1.09 bits per heavy atom. The summed E-state index contributed by atoms with van der Waals surface area (Å²) in [4.78, 5) is 26.0. The van der Waals surface area contributed by atoms with Gasteiger partial charge in [-0.1, -0.05) is 155 Å². The molecule has 1 rings (SSSR count). The number of esters is 2. The zero-order valence-corrected chi connectivity index (χ0v) is 35.9. The summed E-state index contributed by atoms with van der Waals surface area (Å²) in [5.41, 5.74) is 1.21. The van der Waals surface area contributed by atoms with Crippen LogP contribution in [0.3, 0.4) is 0 Å². The summed E-state index contributed by atoms with van der Waals surface area (Å²) in [6, 6.07) is 6.33.